The fourth-order valence-corrected chi connectivity index (χ4v) is 2.59. The van der Waals surface area contributed by atoms with Gasteiger partial charge in [0.2, 0.25) is 0 Å². The number of ether oxygens (including phenoxy) is 2. The van der Waals surface area contributed by atoms with E-state index in [9.17, 15) is 9.90 Å². The lowest BCUT2D eigenvalue weighted by Crippen LogP contribution is -2.09. The van der Waals surface area contributed by atoms with Crippen LogP contribution in [0.15, 0.2) is 48.7 Å². The number of benzene rings is 2. The van der Waals surface area contributed by atoms with Crippen molar-refractivity contribution in [1.29, 1.82) is 0 Å². The van der Waals surface area contributed by atoms with Crippen molar-refractivity contribution < 1.29 is 19.4 Å². The fourth-order valence-electron chi connectivity index (χ4n) is 2.59. The first-order chi connectivity index (χ1) is 12.1. The monoisotopic (exact) mass is 338 g/mol. The summed E-state index contributed by atoms with van der Waals surface area (Å²) in [5.74, 6) is 0.257. The van der Waals surface area contributed by atoms with E-state index in [0.29, 0.717) is 33.6 Å². The topological polar surface area (TPSA) is 80.7 Å². The van der Waals surface area contributed by atoms with Crippen molar-refractivity contribution in [2.75, 3.05) is 19.0 Å². The van der Waals surface area contributed by atoms with E-state index in [1.807, 2.05) is 12.1 Å². The number of para-hydroxylation sites is 1. The van der Waals surface area contributed by atoms with Gasteiger partial charge in [0.05, 0.1) is 19.4 Å². The molecule has 0 saturated carbocycles. The number of nitrogens with one attached hydrogen (secondary N) is 1. The molecule has 2 N–H and O–H groups in total. The number of phenols is 1. The number of nitrogens with zero attached hydrogens (tertiary/aromatic N) is 1. The van der Waals surface area contributed by atoms with Crippen molar-refractivity contribution in [3.8, 4) is 11.5 Å². The number of carbonyl (C=O) groups is 1. The number of rotatable bonds is 5. The van der Waals surface area contributed by atoms with Gasteiger partial charge in [-0.25, -0.2) is 4.79 Å². The molecule has 0 atom stereocenters. The molecule has 0 fully saturated rings. The van der Waals surface area contributed by atoms with Crippen molar-refractivity contribution in [1.82, 2.24) is 4.98 Å². The number of esters is 1. The number of methoxy groups -OCH3 is 1. The van der Waals surface area contributed by atoms with Gasteiger partial charge in [-0.05, 0) is 25.1 Å². The minimum absolute atomic E-state index is 0.124. The molecule has 0 radical (unpaired) electrons. The number of hydrogen-bond acceptors (Lipinski definition) is 6. The molecule has 0 amide bonds. The van der Waals surface area contributed by atoms with Crippen LogP contribution in [-0.2, 0) is 4.74 Å². The molecule has 0 aliphatic carbocycles. The third-order valence-corrected chi connectivity index (χ3v) is 3.69. The molecule has 0 saturated heterocycles. The highest BCUT2D eigenvalue weighted by Crippen LogP contribution is 2.34. The zero-order valence-corrected chi connectivity index (χ0v) is 13.9. The van der Waals surface area contributed by atoms with Crippen LogP contribution in [0.5, 0.6) is 11.5 Å². The van der Waals surface area contributed by atoms with Crippen LogP contribution in [0.1, 0.15) is 17.3 Å². The minimum atomic E-state index is -0.470. The Morgan fingerprint density at radius 3 is 2.76 bits per heavy atom. The van der Waals surface area contributed by atoms with Gasteiger partial charge < -0.3 is 19.9 Å². The second-order valence-corrected chi connectivity index (χ2v) is 5.30. The molecule has 0 aliphatic rings. The molecule has 0 aliphatic heterocycles. The highest BCUT2D eigenvalue weighted by Gasteiger charge is 2.18. The first-order valence-corrected chi connectivity index (χ1v) is 7.83. The van der Waals surface area contributed by atoms with Gasteiger partial charge in [0.25, 0.3) is 0 Å². The van der Waals surface area contributed by atoms with Crippen molar-refractivity contribution >= 4 is 28.2 Å². The number of phenolic OH excluding ortho intramolecular Hbond substituents is 1. The summed E-state index contributed by atoms with van der Waals surface area (Å²) in [5, 5.41) is 13.6. The number of aromatic hydroxyl groups is 1. The van der Waals surface area contributed by atoms with Crippen LogP contribution in [0.4, 0.5) is 11.4 Å². The Hall–Kier alpha value is -3.28. The molecule has 3 aromatic rings. The molecule has 0 spiro atoms. The Morgan fingerprint density at radius 2 is 2.04 bits per heavy atom. The maximum Gasteiger partial charge on any atom is 0.341 e. The van der Waals surface area contributed by atoms with Crippen LogP contribution in [0.3, 0.4) is 0 Å². The third kappa shape index (κ3) is 3.33. The second-order valence-electron chi connectivity index (χ2n) is 5.30. The number of anilines is 2. The lowest BCUT2D eigenvalue weighted by Gasteiger charge is -2.15. The number of carbonyl (C=O) groups excluding carboxylic acids is 1. The summed E-state index contributed by atoms with van der Waals surface area (Å²) in [6, 6.07) is 12.1. The molecule has 6 heteroatoms. The first kappa shape index (κ1) is 16.6. The molecular formula is C19H18N2O4. The van der Waals surface area contributed by atoms with E-state index in [0.717, 1.165) is 0 Å². The molecule has 0 unspecified atom stereocenters. The Kier molecular flexibility index (Phi) is 4.70. The lowest BCUT2D eigenvalue weighted by atomic mass is 10.1. The van der Waals surface area contributed by atoms with Crippen LogP contribution in [0.2, 0.25) is 0 Å². The molecule has 0 bridgehead atoms. The van der Waals surface area contributed by atoms with E-state index in [1.54, 1.807) is 44.4 Å². The van der Waals surface area contributed by atoms with Crippen LogP contribution in [0, 0.1) is 0 Å². The first-order valence-electron chi connectivity index (χ1n) is 7.83. The number of aromatic nitrogens is 1. The van der Waals surface area contributed by atoms with Gasteiger partial charge in [-0.2, -0.15) is 0 Å². The molecule has 128 valence electrons. The summed E-state index contributed by atoms with van der Waals surface area (Å²) < 4.78 is 10.5. The highest BCUT2D eigenvalue weighted by molar-refractivity contribution is 6.07. The normalized spacial score (nSPS) is 10.5. The Balaban J connectivity index is 2.20. The number of hydrogen-bond donors (Lipinski definition) is 2. The predicted octanol–water partition coefficient (Wildman–Crippen LogP) is 3.87. The van der Waals surface area contributed by atoms with E-state index >= 15 is 0 Å². The van der Waals surface area contributed by atoms with Crippen LogP contribution in [0.25, 0.3) is 10.9 Å². The summed E-state index contributed by atoms with van der Waals surface area (Å²) in [5.41, 5.74) is 2.13. The Bertz CT molecular complexity index is 924. The molecule has 2 aromatic carbocycles. The summed E-state index contributed by atoms with van der Waals surface area (Å²) >= 11 is 0. The Morgan fingerprint density at radius 1 is 1.24 bits per heavy atom. The van der Waals surface area contributed by atoms with Crippen LogP contribution >= 0.6 is 0 Å². The van der Waals surface area contributed by atoms with Gasteiger partial charge in [-0.1, -0.05) is 18.2 Å². The second kappa shape index (κ2) is 7.09. The van der Waals surface area contributed by atoms with Gasteiger partial charge in [-0.3, -0.25) is 4.98 Å². The maximum absolute atomic E-state index is 12.3. The van der Waals surface area contributed by atoms with Crippen molar-refractivity contribution in [2.45, 2.75) is 6.92 Å². The SMILES string of the molecule is CCOC(=O)c1cnc2c(OC)cccc2c1Nc1cccc(O)c1. The van der Waals surface area contributed by atoms with Gasteiger partial charge in [0, 0.05) is 23.3 Å². The molecule has 25 heavy (non-hydrogen) atoms. The van der Waals surface area contributed by atoms with Gasteiger partial charge in [0.1, 0.15) is 22.6 Å². The quantitative estimate of drug-likeness (QED) is 0.687. The zero-order chi connectivity index (χ0) is 17.8. The van der Waals surface area contributed by atoms with E-state index in [-0.39, 0.29) is 12.4 Å². The lowest BCUT2D eigenvalue weighted by molar-refractivity contribution is 0.0527. The van der Waals surface area contributed by atoms with Crippen molar-refractivity contribution in [3.05, 3.63) is 54.2 Å². The molecule has 1 heterocycles. The average Bonchev–Trinajstić information content (AvgIpc) is 2.61. The van der Waals surface area contributed by atoms with E-state index in [1.165, 1.54) is 6.20 Å². The van der Waals surface area contributed by atoms with Crippen molar-refractivity contribution in [2.24, 2.45) is 0 Å². The number of fused-ring (bicyclic) bond motifs is 1. The summed E-state index contributed by atoms with van der Waals surface area (Å²) in [7, 11) is 1.57. The molecular weight excluding hydrogens is 320 g/mol. The number of pyridine rings is 1. The van der Waals surface area contributed by atoms with E-state index in [4.69, 9.17) is 9.47 Å². The largest absolute Gasteiger partial charge is 0.508 e. The molecule has 1 aromatic heterocycles. The van der Waals surface area contributed by atoms with Crippen molar-refractivity contribution in [3.63, 3.8) is 0 Å². The summed E-state index contributed by atoms with van der Waals surface area (Å²) in [6.45, 7) is 2.01. The summed E-state index contributed by atoms with van der Waals surface area (Å²) in [6.07, 6.45) is 1.47. The van der Waals surface area contributed by atoms with E-state index < -0.39 is 5.97 Å². The average molecular weight is 338 g/mol. The maximum atomic E-state index is 12.3. The molecule has 6 nitrogen and oxygen atoms in total. The fraction of sp³-hybridized carbons (Fsp3) is 0.158. The van der Waals surface area contributed by atoms with E-state index in [2.05, 4.69) is 10.3 Å². The molecule has 3 rings (SSSR count). The Labute approximate surface area is 145 Å². The summed E-state index contributed by atoms with van der Waals surface area (Å²) in [4.78, 5) is 16.7. The highest BCUT2D eigenvalue weighted by atomic mass is 16.5. The third-order valence-electron chi connectivity index (χ3n) is 3.69. The standard InChI is InChI=1S/C19H18N2O4/c1-3-25-19(23)15-11-20-18-14(8-5-9-16(18)24-2)17(15)21-12-6-4-7-13(22)10-12/h4-11,22H,3H2,1-2H3,(H,20,21). The smallest absolute Gasteiger partial charge is 0.341 e. The van der Waals surface area contributed by atoms with Crippen LogP contribution in [-0.4, -0.2) is 29.8 Å². The van der Waals surface area contributed by atoms with Gasteiger partial charge >= 0.3 is 5.97 Å². The zero-order valence-electron chi connectivity index (χ0n) is 13.9. The minimum Gasteiger partial charge on any atom is -0.508 e. The predicted molar refractivity (Wildman–Crippen MR) is 95.6 cm³/mol. The van der Waals surface area contributed by atoms with Gasteiger partial charge in [0.15, 0.2) is 0 Å². The van der Waals surface area contributed by atoms with Gasteiger partial charge in [-0.15, -0.1) is 0 Å². The van der Waals surface area contributed by atoms with Crippen LogP contribution < -0.4 is 10.1 Å².